The first-order valence-corrected chi connectivity index (χ1v) is 7.65. The van der Waals surface area contributed by atoms with Gasteiger partial charge < -0.3 is 9.47 Å². The zero-order valence-electron chi connectivity index (χ0n) is 9.81. The van der Waals surface area contributed by atoms with E-state index in [1.807, 2.05) is 0 Å². The molecule has 0 aromatic rings. The van der Waals surface area contributed by atoms with Crippen molar-refractivity contribution in [3.05, 3.63) is 10.4 Å². The fourth-order valence-corrected chi connectivity index (χ4v) is 4.44. The van der Waals surface area contributed by atoms with Crippen LogP contribution in [-0.2, 0) is 19.5 Å². The van der Waals surface area contributed by atoms with E-state index in [2.05, 4.69) is 9.43 Å². The van der Waals surface area contributed by atoms with Crippen LogP contribution in [-0.4, -0.2) is 39.1 Å². The third-order valence-corrected chi connectivity index (χ3v) is 5.78. The molecule has 2 heterocycles. The molecule has 5 unspecified atom stereocenters. The van der Waals surface area contributed by atoms with Gasteiger partial charge >= 0.3 is 0 Å². The number of hydrogen-bond acceptors (Lipinski definition) is 4. The van der Waals surface area contributed by atoms with E-state index in [9.17, 15) is 8.42 Å². The first-order valence-electron chi connectivity index (χ1n) is 6.15. The van der Waals surface area contributed by atoms with Crippen molar-refractivity contribution in [1.82, 2.24) is 0 Å². The maximum absolute atomic E-state index is 11.9. The van der Waals surface area contributed by atoms with Crippen molar-refractivity contribution in [3.8, 4) is 0 Å². The summed E-state index contributed by atoms with van der Waals surface area (Å²) in [4.78, 5) is 2.43. The molecule has 2 saturated heterocycles. The van der Waals surface area contributed by atoms with Crippen molar-refractivity contribution in [2.24, 2.45) is 16.4 Å². The Labute approximate surface area is 105 Å². The van der Waals surface area contributed by atoms with Gasteiger partial charge in [-0.1, -0.05) is 0 Å². The van der Waals surface area contributed by atoms with Crippen molar-refractivity contribution in [2.75, 3.05) is 13.2 Å². The lowest BCUT2D eigenvalue weighted by Crippen LogP contribution is -2.39. The van der Waals surface area contributed by atoms with Crippen LogP contribution in [0.5, 0.6) is 0 Å². The highest BCUT2D eigenvalue weighted by molar-refractivity contribution is 7.90. The van der Waals surface area contributed by atoms with Crippen LogP contribution in [0.1, 0.15) is 19.3 Å². The molecule has 2 aliphatic heterocycles. The van der Waals surface area contributed by atoms with Crippen LogP contribution in [0.3, 0.4) is 0 Å². The molecule has 3 rings (SSSR count). The quantitative estimate of drug-likeness (QED) is 0.332. The molecule has 18 heavy (non-hydrogen) atoms. The molecule has 1 saturated carbocycles. The van der Waals surface area contributed by atoms with Crippen LogP contribution in [0.25, 0.3) is 10.4 Å². The molecule has 8 heteroatoms. The van der Waals surface area contributed by atoms with Crippen LogP contribution in [0.15, 0.2) is 4.52 Å². The molecule has 5 atom stereocenters. The monoisotopic (exact) mass is 273 g/mol. The summed E-state index contributed by atoms with van der Waals surface area (Å²) in [5.74, 6) is 0.375. The minimum Gasteiger partial charge on any atom is -0.373 e. The van der Waals surface area contributed by atoms with Crippen LogP contribution in [0.4, 0.5) is 0 Å². The van der Waals surface area contributed by atoms with Crippen LogP contribution in [0, 0.1) is 11.8 Å². The fraction of sp³-hybridized carbons (Fsp3) is 1.00. The van der Waals surface area contributed by atoms with Gasteiger partial charge in [-0.3, -0.25) is 0 Å². The number of azide groups is 1. The lowest BCUT2D eigenvalue weighted by atomic mass is 9.78. The smallest absolute Gasteiger partial charge is 0.238 e. The Morgan fingerprint density at radius 1 is 1.17 bits per heavy atom. The van der Waals surface area contributed by atoms with Gasteiger partial charge in [-0.25, -0.2) is 8.42 Å². The molecule has 0 bridgehead atoms. The highest BCUT2D eigenvalue weighted by atomic mass is 32.2. The first-order chi connectivity index (χ1) is 8.62. The van der Waals surface area contributed by atoms with Gasteiger partial charge in [0, 0.05) is 15.3 Å². The largest absolute Gasteiger partial charge is 0.373 e. The first kappa shape index (κ1) is 12.2. The Hall–Kier alpha value is -0.820. The fourth-order valence-electron chi connectivity index (χ4n) is 3.05. The minimum absolute atomic E-state index is 0.0141. The standard InChI is InChI=1S/C10H15N3O4S/c11-12-13-18(14,15)10-2-1-6(8-4-16-8)3-7(10)9-5-17-9/h6-10H,1-5H2. The molecule has 100 valence electrons. The summed E-state index contributed by atoms with van der Waals surface area (Å²) in [6, 6.07) is 0. The second kappa shape index (κ2) is 4.38. The summed E-state index contributed by atoms with van der Waals surface area (Å²) in [5, 5.41) is -0.587. The summed E-state index contributed by atoms with van der Waals surface area (Å²) in [7, 11) is -3.73. The highest BCUT2D eigenvalue weighted by Crippen LogP contribution is 2.43. The zero-order chi connectivity index (χ0) is 12.8. The van der Waals surface area contributed by atoms with Gasteiger partial charge in [0.1, 0.15) is 0 Å². The van der Waals surface area contributed by atoms with E-state index in [-0.39, 0.29) is 12.0 Å². The molecule has 0 aromatic heterocycles. The number of hydrogen-bond donors (Lipinski definition) is 0. The number of sulfonamides is 1. The van der Waals surface area contributed by atoms with Crippen molar-refractivity contribution in [1.29, 1.82) is 0 Å². The molecule has 0 N–H and O–H groups in total. The SMILES string of the molecule is [N-]=[N+]=NS(=O)(=O)C1CCC(C2CO2)CC1C1CO1. The predicted octanol–water partition coefficient (Wildman–Crippen LogP) is 1.21. The normalized spacial score (nSPS) is 43.0. The Balaban J connectivity index is 1.78. The van der Waals surface area contributed by atoms with E-state index in [0.717, 1.165) is 19.4 Å². The summed E-state index contributed by atoms with van der Waals surface area (Å²) < 4.78 is 37.4. The van der Waals surface area contributed by atoms with E-state index in [0.29, 0.717) is 25.0 Å². The van der Waals surface area contributed by atoms with Crippen molar-refractivity contribution < 1.29 is 17.9 Å². The molecule has 3 aliphatic rings. The molecule has 3 fully saturated rings. The minimum atomic E-state index is -3.73. The number of nitrogens with zero attached hydrogens (tertiary/aromatic N) is 3. The molecule has 0 spiro atoms. The second-order valence-corrected chi connectivity index (χ2v) is 7.00. The Morgan fingerprint density at radius 2 is 1.83 bits per heavy atom. The Kier molecular flexibility index (Phi) is 2.97. The van der Waals surface area contributed by atoms with Crippen LogP contribution in [0.2, 0.25) is 0 Å². The van der Waals surface area contributed by atoms with E-state index < -0.39 is 15.3 Å². The van der Waals surface area contributed by atoms with Gasteiger partial charge in [0.2, 0.25) is 10.0 Å². The predicted molar refractivity (Wildman–Crippen MR) is 62.2 cm³/mol. The molecule has 0 radical (unpaired) electrons. The van der Waals surface area contributed by atoms with Gasteiger partial charge in [0.15, 0.2) is 0 Å². The summed E-state index contributed by atoms with van der Waals surface area (Å²) >= 11 is 0. The lowest BCUT2D eigenvalue weighted by Gasteiger charge is -2.33. The summed E-state index contributed by atoms with van der Waals surface area (Å²) in [6.45, 7) is 1.40. The maximum atomic E-state index is 11.9. The average Bonchev–Trinajstić information content (AvgIpc) is 3.18. The Bertz CT molecular complexity index is 479. The molecular formula is C10H15N3O4S. The molecule has 1 aliphatic carbocycles. The van der Waals surface area contributed by atoms with Gasteiger partial charge in [-0.2, -0.15) is 0 Å². The zero-order valence-corrected chi connectivity index (χ0v) is 10.6. The van der Waals surface area contributed by atoms with Gasteiger partial charge in [-0.15, -0.1) is 0 Å². The highest BCUT2D eigenvalue weighted by Gasteiger charge is 2.49. The van der Waals surface area contributed by atoms with Gasteiger partial charge in [0.05, 0.1) is 30.7 Å². The van der Waals surface area contributed by atoms with E-state index in [1.165, 1.54) is 0 Å². The molecular weight excluding hydrogens is 258 g/mol. The Morgan fingerprint density at radius 3 is 2.39 bits per heavy atom. The number of rotatable bonds is 4. The summed E-state index contributed by atoms with van der Waals surface area (Å²) in [5.41, 5.74) is 8.35. The van der Waals surface area contributed by atoms with Crippen LogP contribution < -0.4 is 0 Å². The van der Waals surface area contributed by atoms with Gasteiger partial charge in [0.25, 0.3) is 0 Å². The molecule has 7 nitrogen and oxygen atoms in total. The lowest BCUT2D eigenvalue weighted by molar-refractivity contribution is 0.187. The topological polar surface area (TPSA) is 108 Å². The summed E-state index contributed by atoms with van der Waals surface area (Å²) in [6.07, 6.45) is 2.46. The second-order valence-electron chi connectivity index (χ2n) is 5.21. The number of ether oxygens (including phenoxy) is 2. The van der Waals surface area contributed by atoms with Crippen molar-refractivity contribution in [3.63, 3.8) is 0 Å². The third kappa shape index (κ3) is 2.33. The van der Waals surface area contributed by atoms with Crippen molar-refractivity contribution >= 4 is 10.0 Å². The molecule has 0 amide bonds. The molecule has 0 aromatic carbocycles. The number of epoxide rings is 2. The maximum Gasteiger partial charge on any atom is 0.238 e. The van der Waals surface area contributed by atoms with E-state index in [4.69, 9.17) is 15.0 Å². The van der Waals surface area contributed by atoms with E-state index in [1.54, 1.807) is 0 Å². The van der Waals surface area contributed by atoms with Crippen molar-refractivity contribution in [2.45, 2.75) is 36.7 Å². The van der Waals surface area contributed by atoms with E-state index >= 15 is 0 Å². The third-order valence-electron chi connectivity index (χ3n) is 4.13. The average molecular weight is 273 g/mol. The van der Waals surface area contributed by atoms with Crippen LogP contribution >= 0.6 is 0 Å². The van der Waals surface area contributed by atoms with Gasteiger partial charge in [-0.05, 0) is 30.7 Å².